The maximum absolute atomic E-state index is 10.4. The average Bonchev–Trinajstić information content (AvgIpc) is 2.10. The van der Waals surface area contributed by atoms with Gasteiger partial charge in [-0.25, -0.2) is 0 Å². The second-order valence-corrected chi connectivity index (χ2v) is 5.44. The molecule has 2 unspecified atom stereocenters. The Kier molecular flexibility index (Phi) is 3.65. The summed E-state index contributed by atoms with van der Waals surface area (Å²) in [6.45, 7) is 6.97. The van der Waals surface area contributed by atoms with Crippen LogP contribution in [0.15, 0.2) is 0 Å². The number of rotatable bonds is 4. The molecule has 0 bridgehead atoms. The first kappa shape index (κ1) is 14.4. The SMILES string of the molecule is CC1(C)NC(C)(C)C(O[N+](=O)[O-])CC1O[N+](=O)[O-]. The molecule has 9 heteroatoms. The van der Waals surface area contributed by atoms with Crippen LogP contribution in [0.5, 0.6) is 0 Å². The van der Waals surface area contributed by atoms with Gasteiger partial charge in [-0.05, 0) is 27.7 Å². The summed E-state index contributed by atoms with van der Waals surface area (Å²) in [6.07, 6.45) is -1.56. The van der Waals surface area contributed by atoms with Gasteiger partial charge in [0.15, 0.2) is 0 Å². The number of nitrogens with zero attached hydrogens (tertiary/aromatic N) is 2. The van der Waals surface area contributed by atoms with Crippen molar-refractivity contribution in [2.45, 2.75) is 57.4 Å². The highest BCUT2D eigenvalue weighted by Gasteiger charge is 2.49. The minimum atomic E-state index is -0.893. The molecule has 0 amide bonds. The summed E-state index contributed by atoms with van der Waals surface area (Å²) in [5.41, 5.74) is -1.37. The lowest BCUT2D eigenvalue weighted by Gasteiger charge is -2.49. The molecule has 0 aliphatic carbocycles. The summed E-state index contributed by atoms with van der Waals surface area (Å²) < 4.78 is 0. The van der Waals surface area contributed by atoms with Crippen LogP contribution in [0, 0.1) is 20.2 Å². The summed E-state index contributed by atoms with van der Waals surface area (Å²) in [5.74, 6) is 0. The van der Waals surface area contributed by atoms with E-state index >= 15 is 0 Å². The Balaban J connectivity index is 2.89. The van der Waals surface area contributed by atoms with Crippen molar-refractivity contribution >= 4 is 0 Å². The maximum Gasteiger partial charge on any atom is 0.294 e. The zero-order valence-corrected chi connectivity index (χ0v) is 10.7. The van der Waals surface area contributed by atoms with E-state index in [9.17, 15) is 20.2 Å². The minimum absolute atomic E-state index is 0.0644. The topological polar surface area (TPSA) is 117 Å². The summed E-state index contributed by atoms with van der Waals surface area (Å²) in [5, 5.41) is 22.2. The third-order valence-electron chi connectivity index (χ3n) is 3.11. The van der Waals surface area contributed by atoms with Gasteiger partial charge in [0.2, 0.25) is 0 Å². The zero-order valence-electron chi connectivity index (χ0n) is 10.7. The molecule has 1 N–H and O–H groups in total. The van der Waals surface area contributed by atoms with Gasteiger partial charge in [-0.3, -0.25) is 0 Å². The Morgan fingerprint density at radius 3 is 1.61 bits per heavy atom. The molecule has 1 heterocycles. The van der Waals surface area contributed by atoms with E-state index in [1.165, 1.54) is 0 Å². The first-order valence-corrected chi connectivity index (χ1v) is 5.46. The molecule has 1 aliphatic heterocycles. The second kappa shape index (κ2) is 4.56. The maximum atomic E-state index is 10.4. The van der Waals surface area contributed by atoms with E-state index in [1.807, 2.05) is 0 Å². The molecule has 104 valence electrons. The highest BCUT2D eigenvalue weighted by molar-refractivity contribution is 5.04. The van der Waals surface area contributed by atoms with Crippen molar-refractivity contribution in [1.82, 2.24) is 5.32 Å². The van der Waals surface area contributed by atoms with Crippen molar-refractivity contribution < 1.29 is 19.8 Å². The highest BCUT2D eigenvalue weighted by atomic mass is 17.0. The van der Waals surface area contributed by atoms with Crippen LogP contribution in [0.1, 0.15) is 34.1 Å². The van der Waals surface area contributed by atoms with E-state index in [4.69, 9.17) is 0 Å². The first-order valence-electron chi connectivity index (χ1n) is 5.46. The lowest BCUT2D eigenvalue weighted by atomic mass is 9.78. The molecule has 0 aromatic heterocycles. The smallest absolute Gasteiger partial charge is 0.294 e. The van der Waals surface area contributed by atoms with Crippen LogP contribution in [0.3, 0.4) is 0 Å². The van der Waals surface area contributed by atoms with Crippen molar-refractivity contribution in [2.75, 3.05) is 0 Å². The van der Waals surface area contributed by atoms with Gasteiger partial charge in [-0.2, -0.15) is 0 Å². The molecule has 0 aromatic carbocycles. The van der Waals surface area contributed by atoms with Crippen molar-refractivity contribution in [3.05, 3.63) is 20.2 Å². The number of piperidine rings is 1. The molecule has 0 spiro atoms. The Bertz CT molecular complexity index is 324. The van der Waals surface area contributed by atoms with Crippen LogP contribution in [0.25, 0.3) is 0 Å². The summed E-state index contributed by atoms with van der Waals surface area (Å²) in [6, 6.07) is 0. The molecule has 1 aliphatic rings. The lowest BCUT2D eigenvalue weighted by Crippen LogP contribution is -2.69. The molecule has 1 fully saturated rings. The second-order valence-electron chi connectivity index (χ2n) is 5.44. The third kappa shape index (κ3) is 3.19. The summed E-state index contributed by atoms with van der Waals surface area (Å²) in [4.78, 5) is 30.0. The van der Waals surface area contributed by atoms with E-state index in [2.05, 4.69) is 15.0 Å². The van der Waals surface area contributed by atoms with Crippen LogP contribution in [0.4, 0.5) is 0 Å². The molecule has 0 aromatic rings. The molecular formula is C9H17N3O6. The van der Waals surface area contributed by atoms with Gasteiger partial charge in [0, 0.05) is 17.5 Å². The van der Waals surface area contributed by atoms with E-state index in [-0.39, 0.29) is 6.42 Å². The number of nitrogens with one attached hydrogen (secondary N) is 1. The fourth-order valence-corrected chi connectivity index (χ4v) is 2.33. The lowest BCUT2D eigenvalue weighted by molar-refractivity contribution is -0.784. The number of hydrogen-bond acceptors (Lipinski definition) is 7. The van der Waals surface area contributed by atoms with Gasteiger partial charge in [0.1, 0.15) is 12.2 Å². The standard InChI is InChI=1S/C9H17N3O6/c1-8(2)6(17-11(13)14)5-7(18-12(15)16)9(3,4)10-8/h6-7,10H,5H2,1-4H3. The van der Waals surface area contributed by atoms with E-state index < -0.39 is 33.5 Å². The van der Waals surface area contributed by atoms with Crippen molar-refractivity contribution in [3.63, 3.8) is 0 Å². The summed E-state index contributed by atoms with van der Waals surface area (Å²) >= 11 is 0. The van der Waals surface area contributed by atoms with Gasteiger partial charge in [-0.15, -0.1) is 20.2 Å². The van der Waals surface area contributed by atoms with Gasteiger partial charge in [0.25, 0.3) is 10.2 Å². The molecule has 1 rings (SSSR count). The molecule has 18 heavy (non-hydrogen) atoms. The van der Waals surface area contributed by atoms with E-state index in [0.717, 1.165) is 0 Å². The molecule has 2 atom stereocenters. The third-order valence-corrected chi connectivity index (χ3v) is 3.11. The van der Waals surface area contributed by atoms with Crippen molar-refractivity contribution in [3.8, 4) is 0 Å². The molecule has 9 nitrogen and oxygen atoms in total. The fourth-order valence-electron chi connectivity index (χ4n) is 2.33. The largest absolute Gasteiger partial charge is 0.309 e. The Morgan fingerprint density at radius 2 is 1.33 bits per heavy atom. The van der Waals surface area contributed by atoms with Gasteiger partial charge in [-0.1, -0.05) is 0 Å². The highest BCUT2D eigenvalue weighted by Crippen LogP contribution is 2.32. The quantitative estimate of drug-likeness (QED) is 0.585. The molecule has 0 radical (unpaired) electrons. The van der Waals surface area contributed by atoms with Crippen LogP contribution in [-0.2, 0) is 9.68 Å². The van der Waals surface area contributed by atoms with Crippen LogP contribution >= 0.6 is 0 Å². The van der Waals surface area contributed by atoms with E-state index in [1.54, 1.807) is 27.7 Å². The van der Waals surface area contributed by atoms with Crippen molar-refractivity contribution in [1.29, 1.82) is 0 Å². The predicted octanol–water partition coefficient (Wildman–Crippen LogP) is 0.691. The minimum Gasteiger partial charge on any atom is -0.309 e. The Morgan fingerprint density at radius 1 is 1.00 bits per heavy atom. The average molecular weight is 263 g/mol. The van der Waals surface area contributed by atoms with E-state index in [0.29, 0.717) is 0 Å². The molecular weight excluding hydrogens is 246 g/mol. The normalized spacial score (nSPS) is 29.3. The predicted molar refractivity (Wildman–Crippen MR) is 59.6 cm³/mol. The first-order chi connectivity index (χ1) is 8.04. The zero-order chi connectivity index (χ0) is 14.1. The fraction of sp³-hybridized carbons (Fsp3) is 1.00. The monoisotopic (exact) mass is 263 g/mol. The summed E-state index contributed by atoms with van der Waals surface area (Å²) in [7, 11) is 0. The van der Waals surface area contributed by atoms with Crippen LogP contribution in [-0.4, -0.2) is 33.5 Å². The van der Waals surface area contributed by atoms with Crippen LogP contribution < -0.4 is 5.32 Å². The van der Waals surface area contributed by atoms with Crippen molar-refractivity contribution in [2.24, 2.45) is 0 Å². The molecule has 0 saturated carbocycles. The van der Waals surface area contributed by atoms with Gasteiger partial charge >= 0.3 is 0 Å². The molecule has 1 saturated heterocycles. The van der Waals surface area contributed by atoms with Crippen LogP contribution in [0.2, 0.25) is 0 Å². The number of hydrogen-bond donors (Lipinski definition) is 1. The van der Waals surface area contributed by atoms with Gasteiger partial charge in [0.05, 0.1) is 0 Å². The Labute approximate surface area is 104 Å². The Hall–Kier alpha value is -1.64. The van der Waals surface area contributed by atoms with Gasteiger partial charge < -0.3 is 15.0 Å².